The van der Waals surface area contributed by atoms with E-state index >= 15 is 0 Å². The lowest BCUT2D eigenvalue weighted by molar-refractivity contribution is -0.134. The van der Waals surface area contributed by atoms with Crippen LogP contribution < -0.4 is 0 Å². The second kappa shape index (κ2) is 4.54. The summed E-state index contributed by atoms with van der Waals surface area (Å²) in [4.78, 5) is 17.3. The summed E-state index contributed by atoms with van der Waals surface area (Å²) in [5, 5.41) is 7.85. The van der Waals surface area contributed by atoms with Gasteiger partial charge in [0, 0.05) is 18.0 Å². The van der Waals surface area contributed by atoms with Gasteiger partial charge in [0.05, 0.1) is 5.88 Å². The molecule has 0 atom stereocenters. The average molecular weight is 251 g/mol. The number of hydrogen-bond donors (Lipinski definition) is 1. The highest BCUT2D eigenvalue weighted by Gasteiger charge is 2.21. The Morgan fingerprint density at radius 3 is 2.33 bits per heavy atom. The zero-order valence-electron chi connectivity index (χ0n) is 7.42. The zero-order valence-corrected chi connectivity index (χ0v) is 8.99. The van der Waals surface area contributed by atoms with E-state index in [9.17, 15) is 13.2 Å². The second-order valence-electron chi connectivity index (χ2n) is 2.66. The summed E-state index contributed by atoms with van der Waals surface area (Å²) in [7, 11) is -3.95. The van der Waals surface area contributed by atoms with Gasteiger partial charge >= 0.3 is 5.97 Å². The molecule has 0 radical (unpaired) electrons. The van der Waals surface area contributed by atoms with Crippen LogP contribution in [-0.2, 0) is 20.5 Å². The van der Waals surface area contributed by atoms with Crippen molar-refractivity contribution in [1.29, 1.82) is 0 Å². The Bertz CT molecular complexity index is 456. The van der Waals surface area contributed by atoms with Gasteiger partial charge in [0.25, 0.3) is 0 Å². The van der Waals surface area contributed by atoms with Gasteiger partial charge in [-0.15, -0.1) is 11.6 Å². The van der Waals surface area contributed by atoms with Crippen LogP contribution in [0.3, 0.4) is 0 Å². The third-order valence-corrected chi connectivity index (χ3v) is 3.13. The van der Waals surface area contributed by atoms with Gasteiger partial charge in [0.15, 0.2) is 5.75 Å². The normalized spacial score (nSPS) is 11.3. The fraction of sp³-hybridized carbons (Fsp3) is 0.286. The number of hydrogen-bond acceptors (Lipinski definition) is 5. The second-order valence-corrected chi connectivity index (χ2v) is 4.81. The van der Waals surface area contributed by atoms with Crippen LogP contribution in [0.5, 0.6) is 0 Å². The Labute approximate surface area is 90.8 Å². The van der Waals surface area contributed by atoms with Crippen LogP contribution in [0.25, 0.3) is 0 Å². The first-order valence-corrected chi connectivity index (χ1v) is 5.96. The van der Waals surface area contributed by atoms with Crippen LogP contribution >= 0.6 is 11.6 Å². The van der Waals surface area contributed by atoms with Crippen LogP contribution in [0.2, 0.25) is 0 Å². The molecule has 0 aliphatic rings. The molecule has 0 aliphatic heterocycles. The topological polar surface area (TPSA) is 97.2 Å². The quantitative estimate of drug-likeness (QED) is 0.600. The van der Waals surface area contributed by atoms with Crippen molar-refractivity contribution in [3.05, 3.63) is 18.0 Å². The van der Waals surface area contributed by atoms with Crippen molar-refractivity contribution < 1.29 is 18.3 Å². The third kappa shape index (κ3) is 3.14. The molecular formula is C7H7ClN2O4S. The number of sulfone groups is 1. The van der Waals surface area contributed by atoms with Gasteiger partial charge in [-0.2, -0.15) is 0 Å². The fourth-order valence-corrected chi connectivity index (χ4v) is 1.82. The summed E-state index contributed by atoms with van der Waals surface area (Å²) >= 11 is 5.45. The Morgan fingerprint density at radius 1 is 1.40 bits per heavy atom. The van der Waals surface area contributed by atoms with Gasteiger partial charge in [-0.25, -0.2) is 18.4 Å². The first-order valence-electron chi connectivity index (χ1n) is 3.77. The highest BCUT2D eigenvalue weighted by Crippen LogP contribution is 2.06. The molecule has 0 unspecified atom stereocenters. The predicted molar refractivity (Wildman–Crippen MR) is 51.3 cm³/mol. The molecule has 0 spiro atoms. The lowest BCUT2D eigenvalue weighted by Gasteiger charge is -1.99. The molecule has 1 heterocycles. The maximum absolute atomic E-state index is 11.3. The molecule has 1 aromatic heterocycles. The standard InChI is InChI=1S/C7H7ClN2O4S/c8-1-5-2-9-7(10-3-5)15(13,14)4-6(11)12/h2-3H,1,4H2,(H,11,12). The maximum atomic E-state index is 11.3. The van der Waals surface area contributed by atoms with Crippen LogP contribution in [0.1, 0.15) is 5.56 Å². The number of carbonyl (C=O) groups is 1. The summed E-state index contributed by atoms with van der Waals surface area (Å²) in [5.41, 5.74) is 0.561. The third-order valence-electron chi connectivity index (χ3n) is 1.43. The summed E-state index contributed by atoms with van der Waals surface area (Å²) in [6, 6.07) is 0. The van der Waals surface area contributed by atoms with Gasteiger partial charge in [0.1, 0.15) is 0 Å². The molecule has 1 rings (SSSR count). The summed E-state index contributed by atoms with van der Waals surface area (Å²) in [5.74, 6) is -2.30. The molecule has 0 fully saturated rings. The van der Waals surface area contributed by atoms with E-state index in [4.69, 9.17) is 16.7 Å². The van der Waals surface area contributed by atoms with Crippen molar-refractivity contribution in [2.45, 2.75) is 11.0 Å². The highest BCUT2D eigenvalue weighted by molar-refractivity contribution is 7.91. The molecule has 0 saturated heterocycles. The van der Waals surface area contributed by atoms with Gasteiger partial charge < -0.3 is 5.11 Å². The summed E-state index contributed by atoms with van der Waals surface area (Å²) < 4.78 is 22.6. The van der Waals surface area contributed by atoms with Crippen LogP contribution in [0.15, 0.2) is 17.6 Å². The van der Waals surface area contributed by atoms with E-state index in [1.807, 2.05) is 0 Å². The molecule has 82 valence electrons. The summed E-state index contributed by atoms with van der Waals surface area (Å²) in [6.45, 7) is 0. The predicted octanol–water partition coefficient (Wildman–Crippen LogP) is 0.0737. The minimum absolute atomic E-state index is 0.166. The van der Waals surface area contributed by atoms with Crippen molar-refractivity contribution in [3.63, 3.8) is 0 Å². The number of alkyl halides is 1. The molecule has 0 bridgehead atoms. The van der Waals surface area contributed by atoms with Crippen molar-refractivity contribution in [1.82, 2.24) is 9.97 Å². The Balaban J connectivity index is 3.01. The lowest BCUT2D eigenvalue weighted by atomic mass is 10.4. The van der Waals surface area contributed by atoms with E-state index in [0.717, 1.165) is 0 Å². The fourth-order valence-electron chi connectivity index (χ4n) is 0.800. The number of rotatable bonds is 4. The van der Waals surface area contributed by atoms with Crippen molar-refractivity contribution in [2.75, 3.05) is 5.75 Å². The monoisotopic (exact) mass is 250 g/mol. The molecular weight excluding hydrogens is 244 g/mol. The molecule has 6 nitrogen and oxygen atoms in total. The molecule has 0 saturated carbocycles. The number of nitrogens with zero attached hydrogens (tertiary/aromatic N) is 2. The SMILES string of the molecule is O=C(O)CS(=O)(=O)c1ncc(CCl)cn1. The van der Waals surface area contributed by atoms with Gasteiger partial charge in [-0.3, -0.25) is 4.79 Å². The molecule has 1 N–H and O–H groups in total. The number of carboxylic acid groups (broad SMARTS) is 1. The largest absolute Gasteiger partial charge is 0.480 e. The number of aromatic nitrogens is 2. The Hall–Kier alpha value is -1.21. The number of carboxylic acids is 1. The first-order chi connectivity index (χ1) is 6.95. The number of halogens is 1. The highest BCUT2D eigenvalue weighted by atomic mass is 35.5. The first kappa shape index (κ1) is 11.9. The minimum atomic E-state index is -3.95. The molecule has 15 heavy (non-hydrogen) atoms. The lowest BCUT2D eigenvalue weighted by Crippen LogP contribution is -2.17. The zero-order chi connectivity index (χ0) is 11.5. The smallest absolute Gasteiger partial charge is 0.319 e. The molecule has 1 aromatic rings. The molecule has 8 heteroatoms. The van der Waals surface area contributed by atoms with Crippen molar-refractivity contribution in [3.8, 4) is 0 Å². The van der Waals surface area contributed by atoms with Crippen molar-refractivity contribution >= 4 is 27.4 Å². The van der Waals surface area contributed by atoms with Gasteiger partial charge in [0.2, 0.25) is 15.0 Å². The van der Waals surface area contributed by atoms with Crippen molar-refractivity contribution in [2.24, 2.45) is 0 Å². The van der Waals surface area contributed by atoms with Crippen LogP contribution in [0, 0.1) is 0 Å². The molecule has 0 aliphatic carbocycles. The maximum Gasteiger partial charge on any atom is 0.319 e. The van der Waals surface area contributed by atoms with E-state index in [0.29, 0.717) is 5.56 Å². The van der Waals surface area contributed by atoms with Gasteiger partial charge in [-0.1, -0.05) is 0 Å². The Morgan fingerprint density at radius 2 is 1.93 bits per heavy atom. The van der Waals surface area contributed by atoms with E-state index in [2.05, 4.69) is 9.97 Å². The van der Waals surface area contributed by atoms with E-state index in [1.54, 1.807) is 0 Å². The molecule has 0 amide bonds. The minimum Gasteiger partial charge on any atom is -0.480 e. The molecule has 0 aromatic carbocycles. The summed E-state index contributed by atoms with van der Waals surface area (Å²) in [6.07, 6.45) is 2.49. The van der Waals surface area contributed by atoms with Crippen LogP contribution in [0.4, 0.5) is 0 Å². The average Bonchev–Trinajstić information content (AvgIpc) is 2.16. The van der Waals surface area contributed by atoms with E-state index < -0.39 is 26.7 Å². The van der Waals surface area contributed by atoms with E-state index in [-0.39, 0.29) is 5.88 Å². The number of aliphatic carboxylic acids is 1. The van der Waals surface area contributed by atoms with Crippen LogP contribution in [-0.4, -0.2) is 35.2 Å². The van der Waals surface area contributed by atoms with E-state index in [1.165, 1.54) is 12.4 Å². The van der Waals surface area contributed by atoms with Gasteiger partial charge in [-0.05, 0) is 0 Å². The Kier molecular flexibility index (Phi) is 3.59.